The monoisotopic (exact) mass is 318 g/mol. The lowest BCUT2D eigenvalue weighted by Gasteiger charge is -2.03. The molecule has 0 spiro atoms. The highest BCUT2D eigenvalue weighted by Crippen LogP contribution is 2.21. The third-order valence-corrected chi connectivity index (χ3v) is 3.92. The average molecular weight is 318 g/mol. The van der Waals surface area contributed by atoms with Gasteiger partial charge in [0.1, 0.15) is 17.6 Å². The van der Waals surface area contributed by atoms with Crippen molar-refractivity contribution in [2.45, 2.75) is 25.9 Å². The summed E-state index contributed by atoms with van der Waals surface area (Å²) in [6.45, 7) is 5.18. The Labute approximate surface area is 130 Å². The number of hydrogen-bond acceptors (Lipinski definition) is 6. The van der Waals surface area contributed by atoms with Crippen LogP contribution in [0, 0.1) is 32.1 Å². The summed E-state index contributed by atoms with van der Waals surface area (Å²) >= 11 is 1.06. The van der Waals surface area contributed by atoms with Crippen molar-refractivity contribution >= 4 is 23.5 Å². The number of nitriles is 1. The lowest BCUT2D eigenvalue weighted by Crippen LogP contribution is -2.17. The van der Waals surface area contributed by atoms with Gasteiger partial charge in [-0.25, -0.2) is 0 Å². The van der Waals surface area contributed by atoms with Gasteiger partial charge in [-0.2, -0.15) is 5.26 Å². The van der Waals surface area contributed by atoms with Gasteiger partial charge >= 0.3 is 0 Å². The van der Waals surface area contributed by atoms with Gasteiger partial charge in [-0.3, -0.25) is 14.6 Å². The summed E-state index contributed by atoms with van der Waals surface area (Å²) in [4.78, 5) is 28.8. The molecule has 0 radical (unpaired) electrons. The summed E-state index contributed by atoms with van der Waals surface area (Å²) in [5, 5.41) is 19.5. The Morgan fingerprint density at radius 1 is 1.32 bits per heavy atom. The normalized spacial score (nSPS) is 10.3. The second kappa shape index (κ2) is 6.44. The number of anilines is 1. The molecule has 22 heavy (non-hydrogen) atoms. The van der Waals surface area contributed by atoms with E-state index in [-0.39, 0.29) is 28.1 Å². The van der Waals surface area contributed by atoms with Gasteiger partial charge < -0.3 is 10.3 Å². The number of nitrogens with zero attached hydrogens (tertiary/aromatic N) is 3. The maximum Gasteiger partial charge on any atom is 0.273 e. The second-order valence-corrected chi connectivity index (χ2v) is 5.58. The quantitative estimate of drug-likeness (QED) is 0.722. The van der Waals surface area contributed by atoms with Crippen molar-refractivity contribution in [2.75, 3.05) is 11.1 Å². The number of hydrogen-bond donors (Lipinski definition) is 3. The Morgan fingerprint density at radius 2 is 2.05 bits per heavy atom. The summed E-state index contributed by atoms with van der Waals surface area (Å²) in [5.41, 5.74) is 1.98. The van der Waals surface area contributed by atoms with Crippen LogP contribution in [0.5, 0.6) is 0 Å². The van der Waals surface area contributed by atoms with Crippen LogP contribution in [-0.4, -0.2) is 31.8 Å². The molecule has 2 heterocycles. The first-order valence-electron chi connectivity index (χ1n) is 6.38. The Kier molecular flexibility index (Phi) is 4.62. The molecule has 2 aromatic rings. The van der Waals surface area contributed by atoms with Crippen LogP contribution in [0.1, 0.15) is 22.5 Å². The van der Waals surface area contributed by atoms with E-state index in [0.717, 1.165) is 23.0 Å². The van der Waals surface area contributed by atoms with E-state index in [4.69, 9.17) is 5.26 Å². The van der Waals surface area contributed by atoms with Gasteiger partial charge in [0.05, 0.1) is 11.3 Å². The minimum Gasteiger partial charge on any atom is -0.344 e. The SMILES string of the molecule is Cc1[nH]c(NC(=O)CSc2nnc(C)c(=O)[nH]2)c(C#N)c1C. The van der Waals surface area contributed by atoms with Crippen LogP contribution < -0.4 is 10.9 Å². The fraction of sp³-hybridized carbons (Fsp3) is 0.308. The Balaban J connectivity index is 2.02. The molecule has 0 aliphatic rings. The summed E-state index contributed by atoms with van der Waals surface area (Å²) in [6, 6.07) is 2.05. The number of aromatic nitrogens is 4. The van der Waals surface area contributed by atoms with Crippen LogP contribution in [0.25, 0.3) is 0 Å². The molecule has 3 N–H and O–H groups in total. The van der Waals surface area contributed by atoms with E-state index in [1.165, 1.54) is 0 Å². The van der Waals surface area contributed by atoms with Gasteiger partial charge in [-0.05, 0) is 26.3 Å². The standard InChI is InChI=1S/C13H14N6O2S/c1-6-7(2)15-11(9(6)4-14)16-10(20)5-22-13-17-12(21)8(3)18-19-13/h15H,5H2,1-3H3,(H,16,20)(H,17,19,21). The fourth-order valence-corrected chi connectivity index (χ4v) is 2.31. The van der Waals surface area contributed by atoms with Crippen LogP contribution in [0.2, 0.25) is 0 Å². The Morgan fingerprint density at radius 3 is 2.68 bits per heavy atom. The van der Waals surface area contributed by atoms with Gasteiger partial charge in [-0.15, -0.1) is 10.2 Å². The number of rotatable bonds is 4. The van der Waals surface area contributed by atoms with Crippen LogP contribution in [0.15, 0.2) is 9.95 Å². The van der Waals surface area contributed by atoms with E-state index in [9.17, 15) is 9.59 Å². The molecule has 0 saturated heterocycles. The van der Waals surface area contributed by atoms with Gasteiger partial charge in [0, 0.05) is 5.69 Å². The Hall–Kier alpha value is -2.60. The van der Waals surface area contributed by atoms with Crippen LogP contribution in [-0.2, 0) is 4.79 Å². The van der Waals surface area contributed by atoms with Crippen molar-refractivity contribution in [1.82, 2.24) is 20.2 Å². The fourth-order valence-electron chi connectivity index (χ4n) is 1.71. The smallest absolute Gasteiger partial charge is 0.273 e. The molecule has 0 unspecified atom stereocenters. The number of aromatic amines is 2. The van der Waals surface area contributed by atoms with Gasteiger partial charge in [0.25, 0.3) is 5.56 Å². The first-order valence-corrected chi connectivity index (χ1v) is 7.36. The summed E-state index contributed by atoms with van der Waals surface area (Å²) in [7, 11) is 0. The van der Waals surface area contributed by atoms with E-state index in [1.807, 2.05) is 6.92 Å². The predicted octanol–water partition coefficient (Wildman–Crippen LogP) is 1.02. The Bertz CT molecular complexity index is 817. The number of aryl methyl sites for hydroxylation is 2. The number of amides is 1. The molecule has 2 aromatic heterocycles. The largest absolute Gasteiger partial charge is 0.344 e. The molecule has 1 amide bonds. The van der Waals surface area contributed by atoms with Crippen molar-refractivity contribution in [3.05, 3.63) is 32.9 Å². The van der Waals surface area contributed by atoms with Gasteiger partial charge in [0.2, 0.25) is 5.91 Å². The third-order valence-electron chi connectivity index (χ3n) is 3.06. The van der Waals surface area contributed by atoms with Crippen molar-refractivity contribution < 1.29 is 4.79 Å². The topological polar surface area (TPSA) is 127 Å². The summed E-state index contributed by atoms with van der Waals surface area (Å²) < 4.78 is 0. The van der Waals surface area contributed by atoms with Crippen molar-refractivity contribution in [3.63, 3.8) is 0 Å². The van der Waals surface area contributed by atoms with Crippen LogP contribution in [0.4, 0.5) is 5.82 Å². The average Bonchev–Trinajstić information content (AvgIpc) is 2.74. The molecule has 0 aliphatic heterocycles. The number of carbonyl (C=O) groups is 1. The molecule has 0 fully saturated rings. The zero-order valence-corrected chi connectivity index (χ0v) is 13.1. The maximum absolute atomic E-state index is 11.9. The number of nitrogens with one attached hydrogen (secondary N) is 3. The maximum atomic E-state index is 11.9. The molecule has 0 bridgehead atoms. The van der Waals surface area contributed by atoms with Crippen LogP contribution in [0.3, 0.4) is 0 Å². The van der Waals surface area contributed by atoms with Crippen molar-refractivity contribution in [1.29, 1.82) is 5.26 Å². The first-order chi connectivity index (χ1) is 10.4. The molecule has 0 aromatic carbocycles. The zero-order valence-electron chi connectivity index (χ0n) is 12.3. The van der Waals surface area contributed by atoms with E-state index < -0.39 is 0 Å². The number of thioether (sulfide) groups is 1. The minimum absolute atomic E-state index is 0.0374. The van der Waals surface area contributed by atoms with E-state index >= 15 is 0 Å². The lowest BCUT2D eigenvalue weighted by molar-refractivity contribution is -0.113. The molecule has 0 aliphatic carbocycles. The van der Waals surface area contributed by atoms with Crippen molar-refractivity contribution in [2.24, 2.45) is 0 Å². The van der Waals surface area contributed by atoms with E-state index in [1.54, 1.807) is 13.8 Å². The lowest BCUT2D eigenvalue weighted by atomic mass is 10.2. The second-order valence-electron chi connectivity index (χ2n) is 4.62. The highest BCUT2D eigenvalue weighted by atomic mass is 32.2. The van der Waals surface area contributed by atoms with E-state index in [0.29, 0.717) is 11.4 Å². The highest BCUT2D eigenvalue weighted by molar-refractivity contribution is 7.99. The summed E-state index contributed by atoms with van der Waals surface area (Å²) in [6.07, 6.45) is 0. The van der Waals surface area contributed by atoms with Gasteiger partial charge in [-0.1, -0.05) is 11.8 Å². The molecular weight excluding hydrogens is 304 g/mol. The molecule has 114 valence electrons. The highest BCUT2D eigenvalue weighted by Gasteiger charge is 2.14. The predicted molar refractivity (Wildman–Crippen MR) is 81.7 cm³/mol. The molecule has 9 heteroatoms. The molecule has 0 saturated carbocycles. The third kappa shape index (κ3) is 3.35. The molecule has 2 rings (SSSR count). The minimum atomic E-state index is -0.333. The first kappa shape index (κ1) is 15.8. The number of H-pyrrole nitrogens is 2. The molecular formula is C13H14N6O2S. The van der Waals surface area contributed by atoms with E-state index in [2.05, 4.69) is 31.6 Å². The van der Waals surface area contributed by atoms with Gasteiger partial charge in [0.15, 0.2) is 5.16 Å². The molecule has 0 atom stereocenters. The summed E-state index contributed by atoms with van der Waals surface area (Å²) in [5.74, 6) is 0.105. The number of carbonyl (C=O) groups excluding carboxylic acids is 1. The van der Waals surface area contributed by atoms with Crippen molar-refractivity contribution in [3.8, 4) is 6.07 Å². The zero-order chi connectivity index (χ0) is 16.3. The molecule has 8 nitrogen and oxygen atoms in total. The van der Waals surface area contributed by atoms with Crippen LogP contribution >= 0.6 is 11.8 Å².